The highest BCUT2D eigenvalue weighted by Crippen LogP contribution is 2.39. The van der Waals surface area contributed by atoms with Gasteiger partial charge in [0.25, 0.3) is 0 Å². The summed E-state index contributed by atoms with van der Waals surface area (Å²) in [4.78, 5) is 26.6. The monoisotopic (exact) mass is 250 g/mol. The Morgan fingerprint density at radius 2 is 1.72 bits per heavy atom. The lowest BCUT2D eigenvalue weighted by molar-refractivity contribution is -0.153. The average molecular weight is 250 g/mol. The van der Waals surface area contributed by atoms with Crippen molar-refractivity contribution in [1.29, 1.82) is 0 Å². The first-order chi connectivity index (χ1) is 8.68. The van der Waals surface area contributed by atoms with Crippen molar-refractivity contribution < 1.29 is 9.59 Å². The summed E-state index contributed by atoms with van der Waals surface area (Å²) in [6, 6.07) is -0.198. The van der Waals surface area contributed by atoms with Gasteiger partial charge in [-0.15, -0.1) is 0 Å². The summed E-state index contributed by atoms with van der Waals surface area (Å²) in [7, 11) is 0. The van der Waals surface area contributed by atoms with Crippen LogP contribution in [0.1, 0.15) is 51.9 Å². The van der Waals surface area contributed by atoms with Gasteiger partial charge in [-0.3, -0.25) is 9.59 Å². The molecule has 4 heteroatoms. The van der Waals surface area contributed by atoms with E-state index in [-0.39, 0.29) is 23.9 Å². The Hall–Kier alpha value is -1.06. The fourth-order valence-electron chi connectivity index (χ4n) is 3.47. The zero-order valence-electron chi connectivity index (χ0n) is 11.0. The van der Waals surface area contributed by atoms with Crippen LogP contribution in [0.2, 0.25) is 0 Å². The van der Waals surface area contributed by atoms with Crippen molar-refractivity contribution in [3.05, 3.63) is 0 Å². The summed E-state index contributed by atoms with van der Waals surface area (Å²) < 4.78 is 0. The molecule has 2 unspecified atom stereocenters. The SMILES string of the molecule is CC1NC(=O)C(C2CC2)N(C2CCCCC2)C1=O. The van der Waals surface area contributed by atoms with Crippen LogP contribution in [0.3, 0.4) is 0 Å². The topological polar surface area (TPSA) is 49.4 Å². The Morgan fingerprint density at radius 1 is 1.06 bits per heavy atom. The fourth-order valence-corrected chi connectivity index (χ4v) is 3.47. The van der Waals surface area contributed by atoms with E-state index >= 15 is 0 Å². The van der Waals surface area contributed by atoms with Crippen molar-refractivity contribution in [2.24, 2.45) is 5.92 Å². The molecule has 1 saturated heterocycles. The number of amides is 2. The fraction of sp³-hybridized carbons (Fsp3) is 0.857. The van der Waals surface area contributed by atoms with Gasteiger partial charge in [-0.25, -0.2) is 0 Å². The van der Waals surface area contributed by atoms with Crippen molar-refractivity contribution in [1.82, 2.24) is 10.2 Å². The molecule has 1 N–H and O–H groups in total. The molecule has 100 valence electrons. The van der Waals surface area contributed by atoms with E-state index < -0.39 is 0 Å². The minimum absolute atomic E-state index is 0.0789. The third kappa shape index (κ3) is 2.02. The van der Waals surface area contributed by atoms with Gasteiger partial charge in [0.05, 0.1) is 0 Å². The summed E-state index contributed by atoms with van der Waals surface area (Å²) in [5.74, 6) is 0.636. The van der Waals surface area contributed by atoms with Gasteiger partial charge in [0.1, 0.15) is 12.1 Å². The number of hydrogen-bond acceptors (Lipinski definition) is 2. The molecule has 3 fully saturated rings. The third-order valence-electron chi connectivity index (χ3n) is 4.59. The lowest BCUT2D eigenvalue weighted by Crippen LogP contribution is -2.65. The molecule has 0 bridgehead atoms. The van der Waals surface area contributed by atoms with E-state index in [0.29, 0.717) is 12.0 Å². The molecule has 4 nitrogen and oxygen atoms in total. The lowest BCUT2D eigenvalue weighted by atomic mass is 9.90. The van der Waals surface area contributed by atoms with Gasteiger partial charge in [-0.05, 0) is 38.5 Å². The van der Waals surface area contributed by atoms with Crippen LogP contribution in [0.15, 0.2) is 0 Å². The first kappa shape index (κ1) is 12.0. The molecule has 1 heterocycles. The first-order valence-corrected chi connectivity index (χ1v) is 7.31. The summed E-state index contributed by atoms with van der Waals surface area (Å²) in [6.45, 7) is 1.80. The van der Waals surface area contributed by atoms with E-state index in [1.165, 1.54) is 19.3 Å². The number of piperazine rings is 1. The van der Waals surface area contributed by atoms with Gasteiger partial charge >= 0.3 is 0 Å². The van der Waals surface area contributed by atoms with E-state index in [0.717, 1.165) is 25.7 Å². The molecular formula is C14H22N2O2. The highest BCUT2D eigenvalue weighted by Gasteiger charge is 2.48. The van der Waals surface area contributed by atoms with E-state index in [4.69, 9.17) is 0 Å². The maximum Gasteiger partial charge on any atom is 0.245 e. The van der Waals surface area contributed by atoms with E-state index in [9.17, 15) is 9.59 Å². The Morgan fingerprint density at radius 3 is 2.33 bits per heavy atom. The van der Waals surface area contributed by atoms with Crippen LogP contribution in [0.25, 0.3) is 0 Å². The molecule has 2 amide bonds. The Bertz CT molecular complexity index is 359. The normalized spacial score (nSPS) is 34.6. The highest BCUT2D eigenvalue weighted by molar-refractivity contribution is 5.97. The van der Waals surface area contributed by atoms with E-state index in [2.05, 4.69) is 5.32 Å². The number of nitrogens with one attached hydrogen (secondary N) is 1. The summed E-state index contributed by atoms with van der Waals surface area (Å²) in [5.41, 5.74) is 0. The minimum atomic E-state index is -0.338. The van der Waals surface area contributed by atoms with Crippen LogP contribution in [0, 0.1) is 5.92 Å². The predicted molar refractivity (Wildman–Crippen MR) is 67.8 cm³/mol. The van der Waals surface area contributed by atoms with Crippen molar-refractivity contribution in [3.63, 3.8) is 0 Å². The van der Waals surface area contributed by atoms with Crippen molar-refractivity contribution in [2.75, 3.05) is 0 Å². The van der Waals surface area contributed by atoms with Crippen molar-refractivity contribution in [2.45, 2.75) is 70.0 Å². The van der Waals surface area contributed by atoms with Crippen LogP contribution in [0.4, 0.5) is 0 Å². The molecule has 2 aliphatic carbocycles. The number of carbonyl (C=O) groups excluding carboxylic acids is 2. The summed E-state index contributed by atoms with van der Waals surface area (Å²) >= 11 is 0. The number of nitrogens with zero attached hydrogens (tertiary/aromatic N) is 1. The standard InChI is InChI=1S/C14H22N2O2/c1-9-14(18)16(11-5-3-2-4-6-11)12(10-7-8-10)13(17)15-9/h9-12H,2-8H2,1H3,(H,15,17). The quantitative estimate of drug-likeness (QED) is 0.806. The zero-order valence-corrected chi connectivity index (χ0v) is 11.0. The second-order valence-corrected chi connectivity index (χ2v) is 6.05. The van der Waals surface area contributed by atoms with E-state index in [1.54, 1.807) is 6.92 Å². The molecule has 0 spiro atoms. The lowest BCUT2D eigenvalue weighted by Gasteiger charge is -2.44. The number of carbonyl (C=O) groups is 2. The van der Waals surface area contributed by atoms with Gasteiger partial charge in [0, 0.05) is 6.04 Å². The minimum Gasteiger partial charge on any atom is -0.343 e. The molecule has 2 atom stereocenters. The van der Waals surface area contributed by atoms with Gasteiger partial charge in [0.15, 0.2) is 0 Å². The van der Waals surface area contributed by atoms with Gasteiger partial charge in [0.2, 0.25) is 11.8 Å². The highest BCUT2D eigenvalue weighted by atomic mass is 16.2. The Labute approximate surface area is 108 Å². The molecule has 1 aliphatic heterocycles. The van der Waals surface area contributed by atoms with Crippen molar-refractivity contribution in [3.8, 4) is 0 Å². The second kappa shape index (κ2) is 4.56. The van der Waals surface area contributed by atoms with Crippen LogP contribution < -0.4 is 5.32 Å². The van der Waals surface area contributed by atoms with Gasteiger partial charge in [-0.1, -0.05) is 19.3 Å². The maximum atomic E-state index is 12.4. The van der Waals surface area contributed by atoms with Crippen LogP contribution in [0.5, 0.6) is 0 Å². The molecule has 3 rings (SSSR count). The average Bonchev–Trinajstić information content (AvgIpc) is 3.18. The summed E-state index contributed by atoms with van der Waals surface area (Å²) in [5, 5.41) is 2.84. The van der Waals surface area contributed by atoms with Crippen LogP contribution >= 0.6 is 0 Å². The van der Waals surface area contributed by atoms with Crippen LogP contribution in [-0.2, 0) is 9.59 Å². The Balaban J connectivity index is 1.84. The zero-order chi connectivity index (χ0) is 12.7. The molecule has 18 heavy (non-hydrogen) atoms. The van der Waals surface area contributed by atoms with Gasteiger partial charge in [-0.2, -0.15) is 0 Å². The first-order valence-electron chi connectivity index (χ1n) is 7.31. The van der Waals surface area contributed by atoms with Gasteiger partial charge < -0.3 is 10.2 Å². The largest absolute Gasteiger partial charge is 0.343 e. The van der Waals surface area contributed by atoms with Crippen LogP contribution in [-0.4, -0.2) is 34.8 Å². The van der Waals surface area contributed by atoms with E-state index in [1.807, 2.05) is 4.90 Å². The maximum absolute atomic E-state index is 12.4. The number of rotatable bonds is 2. The number of hydrogen-bond donors (Lipinski definition) is 1. The molecule has 2 saturated carbocycles. The molecule has 3 aliphatic rings. The molecule has 0 aromatic rings. The molecule has 0 radical (unpaired) electrons. The predicted octanol–water partition coefficient (Wildman–Crippen LogP) is 1.44. The third-order valence-corrected chi connectivity index (χ3v) is 4.59. The Kier molecular flexibility index (Phi) is 3.04. The molecule has 0 aromatic carbocycles. The summed E-state index contributed by atoms with van der Waals surface area (Å²) in [6.07, 6.45) is 8.02. The smallest absolute Gasteiger partial charge is 0.245 e. The van der Waals surface area contributed by atoms with Crippen molar-refractivity contribution >= 4 is 11.8 Å². The molecule has 0 aromatic heterocycles. The molecular weight excluding hydrogens is 228 g/mol. The second-order valence-electron chi connectivity index (χ2n) is 6.05.